The maximum Gasteiger partial charge on any atom is 0.347 e. The Labute approximate surface area is 85.8 Å². The van der Waals surface area contributed by atoms with Gasteiger partial charge in [-0.3, -0.25) is 0 Å². The summed E-state index contributed by atoms with van der Waals surface area (Å²) >= 11 is 0. The highest BCUT2D eigenvalue weighted by Crippen LogP contribution is 1.90. The molecule has 84 valence electrons. The molecule has 0 rings (SSSR count). The molecule has 10 heteroatoms. The average Bonchev–Trinajstić information content (AvgIpc) is 2.01. The Bertz CT molecular complexity index is 492. The molecule has 0 radical (unpaired) electrons. The van der Waals surface area contributed by atoms with Crippen LogP contribution in [0, 0.1) is 0 Å². The molecular formula is C5H4O8S2. The molecular weight excluding hydrogens is 252 g/mol. The summed E-state index contributed by atoms with van der Waals surface area (Å²) in [6.45, 7) is 0. The molecule has 0 atom stereocenters. The van der Waals surface area contributed by atoms with Crippen molar-refractivity contribution < 1.29 is 36.6 Å². The van der Waals surface area contributed by atoms with Gasteiger partial charge in [-0.15, -0.1) is 0 Å². The van der Waals surface area contributed by atoms with Gasteiger partial charge in [0.25, 0.3) is 0 Å². The van der Waals surface area contributed by atoms with Crippen molar-refractivity contribution in [1.29, 1.82) is 0 Å². The maximum absolute atomic E-state index is 10.3. The first-order valence-corrected chi connectivity index (χ1v) is 5.29. The average molecular weight is 256 g/mol. The number of carbonyl (C=O) groups is 2. The van der Waals surface area contributed by atoms with Crippen LogP contribution < -0.4 is 0 Å². The molecule has 0 aromatic rings. The number of carboxylic acids is 2. The van der Waals surface area contributed by atoms with E-state index >= 15 is 0 Å². The van der Waals surface area contributed by atoms with E-state index in [2.05, 4.69) is 0 Å². The van der Waals surface area contributed by atoms with Crippen LogP contribution in [0.15, 0.2) is 0 Å². The molecule has 0 spiro atoms. The lowest BCUT2D eigenvalue weighted by Gasteiger charge is -1.93. The van der Waals surface area contributed by atoms with Gasteiger partial charge in [-0.25, -0.2) is 9.59 Å². The third-order valence-corrected chi connectivity index (χ3v) is 2.64. The van der Waals surface area contributed by atoms with Crippen LogP contribution in [-0.4, -0.2) is 48.7 Å². The van der Waals surface area contributed by atoms with Crippen LogP contribution in [0.2, 0.25) is 0 Å². The largest absolute Gasteiger partial charge is 0.477 e. The Hall–Kier alpha value is -1.68. The molecule has 0 heterocycles. The lowest BCUT2D eigenvalue weighted by Crippen LogP contribution is -2.24. The molecule has 0 aromatic carbocycles. The molecule has 0 unspecified atom stereocenters. The van der Waals surface area contributed by atoms with Crippen LogP contribution in [0.1, 0.15) is 6.42 Å². The number of aliphatic carboxylic acids is 2. The van der Waals surface area contributed by atoms with Gasteiger partial charge in [-0.1, -0.05) is 0 Å². The van der Waals surface area contributed by atoms with E-state index in [4.69, 9.17) is 10.2 Å². The van der Waals surface area contributed by atoms with Crippen molar-refractivity contribution in [3.05, 3.63) is 0 Å². The predicted molar refractivity (Wildman–Crippen MR) is 47.7 cm³/mol. The molecule has 0 aromatic heterocycles. The van der Waals surface area contributed by atoms with Gasteiger partial charge in [-0.2, -0.15) is 16.8 Å². The van der Waals surface area contributed by atoms with Gasteiger partial charge >= 0.3 is 11.9 Å². The van der Waals surface area contributed by atoms with E-state index in [0.717, 1.165) is 0 Å². The lowest BCUT2D eigenvalue weighted by molar-refractivity contribution is -0.129. The van der Waals surface area contributed by atoms with Crippen LogP contribution >= 0.6 is 0 Å². The summed E-state index contributed by atoms with van der Waals surface area (Å²) < 4.78 is 41.2. The zero-order chi connectivity index (χ0) is 12.2. The van der Waals surface area contributed by atoms with Gasteiger partial charge in [0.15, 0.2) is 9.73 Å². The molecule has 0 aliphatic rings. The molecule has 2 N–H and O–H groups in total. The standard InChI is InChI=1S/C5H4O8S2/c6-4(7)2(14(10)11)1-3(5(8)9)15(12)13/h1H2,(H,6,7)(H,8,9). The summed E-state index contributed by atoms with van der Waals surface area (Å²) in [5.74, 6) is -3.79. The molecule has 8 nitrogen and oxygen atoms in total. The van der Waals surface area contributed by atoms with Crippen molar-refractivity contribution in [3.63, 3.8) is 0 Å². The van der Waals surface area contributed by atoms with Gasteiger partial charge in [0.05, 0.1) is 0 Å². The van der Waals surface area contributed by atoms with Crippen molar-refractivity contribution in [1.82, 2.24) is 0 Å². The van der Waals surface area contributed by atoms with Crippen molar-refractivity contribution in [2.24, 2.45) is 0 Å². The second kappa shape index (κ2) is 5.26. The Morgan fingerprint density at radius 2 is 1.07 bits per heavy atom. The Morgan fingerprint density at radius 3 is 1.20 bits per heavy atom. The van der Waals surface area contributed by atoms with E-state index in [0.29, 0.717) is 0 Å². The highest BCUT2D eigenvalue weighted by Gasteiger charge is 2.20. The minimum atomic E-state index is -3.18. The van der Waals surface area contributed by atoms with Gasteiger partial charge in [0.1, 0.15) is 0 Å². The second-order valence-electron chi connectivity index (χ2n) is 2.10. The third-order valence-electron chi connectivity index (χ3n) is 1.20. The van der Waals surface area contributed by atoms with E-state index in [1.165, 1.54) is 0 Å². The topological polar surface area (TPSA) is 143 Å². The monoisotopic (exact) mass is 256 g/mol. The van der Waals surface area contributed by atoms with E-state index in [1.54, 1.807) is 0 Å². The number of carboxylic acid groups (broad SMARTS) is 2. The fraction of sp³-hybridized carbons (Fsp3) is 0.200. The molecule has 0 saturated heterocycles. The molecule has 0 bridgehead atoms. The van der Waals surface area contributed by atoms with Gasteiger partial charge < -0.3 is 10.2 Å². The third kappa shape index (κ3) is 3.91. The predicted octanol–water partition coefficient (Wildman–Crippen LogP) is -2.35. The molecule has 15 heavy (non-hydrogen) atoms. The quantitative estimate of drug-likeness (QED) is 0.532. The lowest BCUT2D eigenvalue weighted by atomic mass is 10.2. The van der Waals surface area contributed by atoms with Crippen LogP contribution in [0.25, 0.3) is 0 Å². The van der Waals surface area contributed by atoms with E-state index in [1.807, 2.05) is 0 Å². The number of hydrogen-bond donors (Lipinski definition) is 2. The molecule has 0 amide bonds. The van der Waals surface area contributed by atoms with Crippen LogP contribution in [0.3, 0.4) is 0 Å². The van der Waals surface area contributed by atoms with Crippen LogP contribution in [-0.2, 0) is 30.2 Å². The van der Waals surface area contributed by atoms with Crippen molar-refractivity contribution in [3.8, 4) is 0 Å². The van der Waals surface area contributed by atoms with E-state index < -0.39 is 48.7 Å². The van der Waals surface area contributed by atoms with Gasteiger partial charge in [0.2, 0.25) is 20.6 Å². The zero-order valence-electron chi connectivity index (χ0n) is 6.87. The SMILES string of the molecule is O=C(O)C(CC(C(=O)O)=S(=O)=O)=S(=O)=O. The van der Waals surface area contributed by atoms with Crippen molar-refractivity contribution in [2.45, 2.75) is 6.42 Å². The summed E-state index contributed by atoms with van der Waals surface area (Å²) in [4.78, 5) is 18.1. The summed E-state index contributed by atoms with van der Waals surface area (Å²) in [6, 6.07) is 0. The number of rotatable bonds is 4. The smallest absolute Gasteiger partial charge is 0.347 e. The first-order chi connectivity index (χ1) is 6.77. The van der Waals surface area contributed by atoms with Gasteiger partial charge in [-0.05, 0) is 0 Å². The molecule has 0 aliphatic heterocycles. The first kappa shape index (κ1) is 13.3. The molecule has 0 aliphatic carbocycles. The Morgan fingerprint density at radius 1 is 0.800 bits per heavy atom. The minimum absolute atomic E-state index is 1.18. The molecule has 0 fully saturated rings. The molecule has 0 saturated carbocycles. The fourth-order valence-electron chi connectivity index (χ4n) is 0.557. The minimum Gasteiger partial charge on any atom is -0.477 e. The van der Waals surface area contributed by atoms with Crippen molar-refractivity contribution >= 4 is 42.3 Å². The Balaban J connectivity index is 5.57. The first-order valence-electron chi connectivity index (χ1n) is 3.14. The Kier molecular flexibility index (Phi) is 4.67. The summed E-state index contributed by atoms with van der Waals surface area (Å²) in [5.41, 5.74) is 0. The van der Waals surface area contributed by atoms with Crippen molar-refractivity contribution in [2.75, 3.05) is 0 Å². The zero-order valence-corrected chi connectivity index (χ0v) is 8.50. The normalized spacial score (nSPS) is 9.07. The van der Waals surface area contributed by atoms with E-state index in [9.17, 15) is 26.4 Å². The fourth-order valence-corrected chi connectivity index (χ4v) is 1.46. The summed E-state index contributed by atoms with van der Waals surface area (Å²) in [6.07, 6.45) is -1.18. The maximum atomic E-state index is 10.3. The van der Waals surface area contributed by atoms with Crippen LogP contribution in [0.5, 0.6) is 0 Å². The summed E-state index contributed by atoms with van der Waals surface area (Å²) in [7, 11) is -6.36. The second-order valence-corrected chi connectivity index (χ2v) is 4.03. The highest BCUT2D eigenvalue weighted by molar-refractivity contribution is 7.76. The van der Waals surface area contributed by atoms with Crippen LogP contribution in [0.4, 0.5) is 0 Å². The van der Waals surface area contributed by atoms with Gasteiger partial charge in [0, 0.05) is 6.42 Å². The highest BCUT2D eigenvalue weighted by atomic mass is 32.2. The number of hydrogen-bond acceptors (Lipinski definition) is 6. The summed E-state index contributed by atoms with van der Waals surface area (Å²) in [5, 5.41) is 16.6. The van der Waals surface area contributed by atoms with E-state index in [-0.39, 0.29) is 0 Å².